The van der Waals surface area contributed by atoms with E-state index in [2.05, 4.69) is 15.6 Å². The van der Waals surface area contributed by atoms with Crippen LogP contribution in [0.5, 0.6) is 5.88 Å². The van der Waals surface area contributed by atoms with E-state index in [0.717, 1.165) is 16.8 Å². The third-order valence-electron chi connectivity index (χ3n) is 4.01. The first-order valence-electron chi connectivity index (χ1n) is 8.41. The summed E-state index contributed by atoms with van der Waals surface area (Å²) in [6.45, 7) is 6.20. The van der Waals surface area contributed by atoms with Gasteiger partial charge in [-0.1, -0.05) is 26.0 Å². The minimum Gasteiger partial charge on any atom is -0.474 e. The molecular formula is C19H22FN3O2. The van der Waals surface area contributed by atoms with E-state index in [-0.39, 0.29) is 23.7 Å². The number of fused-ring (bicyclic) bond motifs is 1. The van der Waals surface area contributed by atoms with Gasteiger partial charge in [0.1, 0.15) is 18.2 Å². The van der Waals surface area contributed by atoms with E-state index in [9.17, 15) is 9.18 Å². The maximum atomic E-state index is 13.1. The van der Waals surface area contributed by atoms with E-state index in [4.69, 9.17) is 4.74 Å². The summed E-state index contributed by atoms with van der Waals surface area (Å²) in [5.74, 6) is 0.434. The Morgan fingerprint density at radius 3 is 2.80 bits per heavy atom. The van der Waals surface area contributed by atoms with Gasteiger partial charge in [0.15, 0.2) is 0 Å². The number of carbonyl (C=O) groups is 1. The second-order valence-electron chi connectivity index (χ2n) is 6.65. The van der Waals surface area contributed by atoms with Gasteiger partial charge in [-0.3, -0.25) is 4.79 Å². The van der Waals surface area contributed by atoms with Gasteiger partial charge in [-0.15, -0.1) is 0 Å². The fraction of sp³-hybridized carbons (Fsp3) is 0.368. The molecule has 0 spiro atoms. The number of aromatic nitrogens is 1. The van der Waals surface area contributed by atoms with Crippen molar-refractivity contribution in [3.8, 4) is 5.88 Å². The van der Waals surface area contributed by atoms with E-state index in [1.807, 2.05) is 26.8 Å². The van der Waals surface area contributed by atoms with E-state index < -0.39 is 0 Å². The molecule has 0 saturated heterocycles. The lowest BCUT2D eigenvalue weighted by atomic mass is 10.0. The third-order valence-corrected chi connectivity index (χ3v) is 4.01. The molecule has 6 heteroatoms. The highest BCUT2D eigenvalue weighted by Crippen LogP contribution is 2.32. The molecule has 2 heterocycles. The monoisotopic (exact) mass is 343 g/mol. The Morgan fingerprint density at radius 2 is 2.12 bits per heavy atom. The van der Waals surface area contributed by atoms with Crippen molar-refractivity contribution < 1.29 is 13.9 Å². The molecule has 1 aliphatic heterocycles. The largest absolute Gasteiger partial charge is 0.474 e. The van der Waals surface area contributed by atoms with Gasteiger partial charge in [0, 0.05) is 17.9 Å². The van der Waals surface area contributed by atoms with Crippen LogP contribution in [0.25, 0.3) is 0 Å². The summed E-state index contributed by atoms with van der Waals surface area (Å²) in [4.78, 5) is 16.6. The van der Waals surface area contributed by atoms with Crippen LogP contribution in [0.4, 0.5) is 15.9 Å². The number of nitrogens with zero attached hydrogens (tertiary/aromatic N) is 1. The fourth-order valence-corrected chi connectivity index (χ4v) is 2.59. The molecule has 1 aromatic heterocycles. The number of halogens is 1. The van der Waals surface area contributed by atoms with Crippen LogP contribution in [-0.4, -0.2) is 23.5 Å². The van der Waals surface area contributed by atoms with Gasteiger partial charge in [0.05, 0.1) is 11.7 Å². The van der Waals surface area contributed by atoms with Crippen molar-refractivity contribution in [3.63, 3.8) is 0 Å². The molecule has 0 aliphatic carbocycles. The van der Waals surface area contributed by atoms with Crippen LogP contribution < -0.4 is 15.4 Å². The molecule has 0 bridgehead atoms. The van der Waals surface area contributed by atoms with Gasteiger partial charge >= 0.3 is 0 Å². The first-order valence-corrected chi connectivity index (χ1v) is 8.41. The molecule has 1 unspecified atom stereocenters. The first-order chi connectivity index (χ1) is 11.9. The van der Waals surface area contributed by atoms with Crippen LogP contribution in [0.15, 0.2) is 30.3 Å². The van der Waals surface area contributed by atoms with Gasteiger partial charge < -0.3 is 15.4 Å². The number of hydrogen-bond donors (Lipinski definition) is 2. The standard InChI is InChI=1S/C19H22FN3O2/c1-11(2)18(24)22-17-14(8-13-4-6-15(20)7-5-13)9-16-19(23-17)25-10-12(3)21-16/h4-7,9,11-12,21H,8,10H2,1-3H3,(H,22,23,24). The molecule has 132 valence electrons. The molecule has 2 N–H and O–H groups in total. The summed E-state index contributed by atoms with van der Waals surface area (Å²) in [5, 5.41) is 6.21. The zero-order valence-electron chi connectivity index (χ0n) is 14.6. The highest BCUT2D eigenvalue weighted by molar-refractivity contribution is 5.92. The molecule has 1 atom stereocenters. The molecule has 0 fully saturated rings. The highest BCUT2D eigenvalue weighted by atomic mass is 19.1. The number of ether oxygens (including phenoxy) is 1. The van der Waals surface area contributed by atoms with Gasteiger partial charge in [-0.25, -0.2) is 4.39 Å². The lowest BCUT2D eigenvalue weighted by Gasteiger charge is -2.25. The summed E-state index contributed by atoms with van der Waals surface area (Å²) >= 11 is 0. The van der Waals surface area contributed by atoms with E-state index >= 15 is 0 Å². The van der Waals surface area contributed by atoms with E-state index in [0.29, 0.717) is 24.7 Å². The maximum Gasteiger partial charge on any atom is 0.239 e. The smallest absolute Gasteiger partial charge is 0.239 e. The molecular weight excluding hydrogens is 321 g/mol. The molecule has 3 rings (SSSR count). The van der Waals surface area contributed by atoms with Crippen LogP contribution in [0.3, 0.4) is 0 Å². The van der Waals surface area contributed by atoms with Crippen molar-refractivity contribution in [1.29, 1.82) is 0 Å². The zero-order valence-corrected chi connectivity index (χ0v) is 14.6. The van der Waals surface area contributed by atoms with Crippen molar-refractivity contribution >= 4 is 17.4 Å². The van der Waals surface area contributed by atoms with Crippen molar-refractivity contribution in [3.05, 3.63) is 47.3 Å². The summed E-state index contributed by atoms with van der Waals surface area (Å²) in [6, 6.07) is 8.44. The quantitative estimate of drug-likeness (QED) is 0.890. The minimum atomic E-state index is -0.274. The number of rotatable bonds is 4. The Labute approximate surface area is 146 Å². The minimum absolute atomic E-state index is 0.107. The molecule has 1 aliphatic rings. The lowest BCUT2D eigenvalue weighted by Crippen LogP contribution is -2.29. The topological polar surface area (TPSA) is 63.2 Å². The Hall–Kier alpha value is -2.63. The molecule has 0 saturated carbocycles. The van der Waals surface area contributed by atoms with Crippen molar-refractivity contribution in [2.24, 2.45) is 5.92 Å². The van der Waals surface area contributed by atoms with Gasteiger partial charge in [0.2, 0.25) is 11.8 Å². The molecule has 25 heavy (non-hydrogen) atoms. The number of hydrogen-bond acceptors (Lipinski definition) is 4. The van der Waals surface area contributed by atoms with E-state index in [1.54, 1.807) is 12.1 Å². The Balaban J connectivity index is 1.95. The Bertz CT molecular complexity index is 775. The number of amides is 1. The van der Waals surface area contributed by atoms with E-state index in [1.165, 1.54) is 12.1 Å². The van der Waals surface area contributed by atoms with Crippen molar-refractivity contribution in [2.45, 2.75) is 33.2 Å². The number of benzene rings is 1. The Morgan fingerprint density at radius 1 is 1.40 bits per heavy atom. The molecule has 2 aromatic rings. The number of carbonyl (C=O) groups excluding carboxylic acids is 1. The van der Waals surface area contributed by atoms with Crippen LogP contribution in [0, 0.1) is 11.7 Å². The Kier molecular flexibility index (Phi) is 4.88. The second kappa shape index (κ2) is 7.09. The number of pyridine rings is 1. The fourth-order valence-electron chi connectivity index (χ4n) is 2.59. The average molecular weight is 343 g/mol. The van der Waals surface area contributed by atoms with Crippen molar-refractivity contribution in [2.75, 3.05) is 17.2 Å². The van der Waals surface area contributed by atoms with Crippen LogP contribution >= 0.6 is 0 Å². The average Bonchev–Trinajstić information content (AvgIpc) is 2.57. The van der Waals surface area contributed by atoms with Crippen LogP contribution in [0.2, 0.25) is 0 Å². The van der Waals surface area contributed by atoms with Gasteiger partial charge in [-0.2, -0.15) is 4.98 Å². The highest BCUT2D eigenvalue weighted by Gasteiger charge is 2.21. The van der Waals surface area contributed by atoms with Gasteiger partial charge in [0.25, 0.3) is 0 Å². The molecule has 1 amide bonds. The second-order valence-corrected chi connectivity index (χ2v) is 6.65. The van der Waals surface area contributed by atoms with Crippen LogP contribution in [-0.2, 0) is 11.2 Å². The lowest BCUT2D eigenvalue weighted by molar-refractivity contribution is -0.118. The summed E-state index contributed by atoms with van der Waals surface area (Å²) in [5.41, 5.74) is 2.59. The zero-order chi connectivity index (χ0) is 18.0. The summed E-state index contributed by atoms with van der Waals surface area (Å²) in [6.07, 6.45) is 0.532. The van der Waals surface area contributed by atoms with Crippen molar-refractivity contribution in [1.82, 2.24) is 4.98 Å². The molecule has 0 radical (unpaired) electrons. The summed E-state index contributed by atoms with van der Waals surface area (Å²) < 4.78 is 18.8. The van der Waals surface area contributed by atoms with Gasteiger partial charge in [-0.05, 0) is 30.7 Å². The first kappa shape index (κ1) is 17.2. The number of anilines is 2. The predicted molar refractivity (Wildman–Crippen MR) is 95.5 cm³/mol. The SMILES string of the molecule is CC1COc2nc(NC(=O)C(C)C)c(Cc3ccc(F)cc3)cc2N1. The molecule has 1 aromatic carbocycles. The normalized spacial score (nSPS) is 16.0. The molecule has 5 nitrogen and oxygen atoms in total. The predicted octanol–water partition coefficient (Wildman–Crippen LogP) is 3.60. The maximum absolute atomic E-state index is 13.1. The van der Waals surface area contributed by atoms with Crippen LogP contribution in [0.1, 0.15) is 31.9 Å². The summed E-state index contributed by atoms with van der Waals surface area (Å²) in [7, 11) is 0. The number of nitrogens with one attached hydrogen (secondary N) is 2. The third kappa shape index (κ3) is 4.07.